The number of benzene rings is 1. The van der Waals surface area contributed by atoms with Gasteiger partial charge in [-0.3, -0.25) is 0 Å². The molecule has 1 aromatic carbocycles. The highest BCUT2D eigenvalue weighted by Gasteiger charge is 2.03. The van der Waals surface area contributed by atoms with Crippen LogP contribution in [0.2, 0.25) is 0 Å². The van der Waals surface area contributed by atoms with Gasteiger partial charge in [0.25, 0.3) is 0 Å². The number of carbonyl (C=O) groups excluding carboxylic acids is 1. The fraction of sp³-hybridized carbons (Fsp3) is 0.0714. The Morgan fingerprint density at radius 2 is 2.06 bits per heavy atom. The van der Waals surface area contributed by atoms with Crippen molar-refractivity contribution < 1.29 is 9.53 Å². The number of ether oxygens (including phenoxy) is 1. The molecule has 0 amide bonds. The minimum absolute atomic E-state index is 0.309. The molecule has 0 N–H and O–H groups in total. The lowest BCUT2D eigenvalue weighted by molar-refractivity contribution is 0.0600. The molecule has 0 bridgehead atoms. The molecule has 2 aromatic rings. The average Bonchev–Trinajstić information content (AvgIpc) is 2.89. The van der Waals surface area contributed by atoms with Crippen LogP contribution in [0.3, 0.4) is 0 Å². The second-order valence-electron chi connectivity index (χ2n) is 3.51. The first-order chi connectivity index (χ1) is 8.29. The van der Waals surface area contributed by atoms with Crippen molar-refractivity contribution in [1.82, 2.24) is 0 Å². The Bertz CT molecular complexity index is 527. The van der Waals surface area contributed by atoms with E-state index < -0.39 is 0 Å². The van der Waals surface area contributed by atoms with Crippen molar-refractivity contribution in [2.45, 2.75) is 0 Å². The van der Waals surface area contributed by atoms with Crippen molar-refractivity contribution in [3.05, 3.63) is 57.8 Å². The van der Waals surface area contributed by atoms with E-state index in [4.69, 9.17) is 0 Å². The van der Waals surface area contributed by atoms with Crippen LogP contribution in [0.4, 0.5) is 0 Å². The number of esters is 1. The van der Waals surface area contributed by atoms with Gasteiger partial charge in [-0.15, -0.1) is 0 Å². The smallest absolute Gasteiger partial charge is 0.337 e. The Labute approximate surface area is 104 Å². The summed E-state index contributed by atoms with van der Waals surface area (Å²) in [6.07, 6.45) is 4.00. The molecule has 2 rings (SSSR count). The molecule has 0 atom stereocenters. The first kappa shape index (κ1) is 11.6. The summed E-state index contributed by atoms with van der Waals surface area (Å²) in [5.41, 5.74) is 2.72. The van der Waals surface area contributed by atoms with E-state index in [0.29, 0.717) is 5.56 Å². The summed E-state index contributed by atoms with van der Waals surface area (Å²) < 4.78 is 4.68. The van der Waals surface area contributed by atoms with E-state index in [0.717, 1.165) is 5.56 Å². The predicted octanol–water partition coefficient (Wildman–Crippen LogP) is 3.71. The van der Waals surface area contributed by atoms with E-state index in [9.17, 15) is 4.79 Å². The lowest BCUT2D eigenvalue weighted by atomic mass is 10.1. The molecule has 17 heavy (non-hydrogen) atoms. The summed E-state index contributed by atoms with van der Waals surface area (Å²) >= 11 is 1.66. The summed E-state index contributed by atoms with van der Waals surface area (Å²) in [6.45, 7) is 0. The lowest BCUT2D eigenvalue weighted by Crippen LogP contribution is -2.00. The molecule has 0 aliphatic rings. The van der Waals surface area contributed by atoms with E-state index in [-0.39, 0.29) is 5.97 Å². The first-order valence-corrected chi connectivity index (χ1v) is 6.12. The van der Waals surface area contributed by atoms with Crippen molar-refractivity contribution in [2.75, 3.05) is 7.11 Å². The van der Waals surface area contributed by atoms with Crippen LogP contribution in [-0.4, -0.2) is 13.1 Å². The summed E-state index contributed by atoms with van der Waals surface area (Å²) in [4.78, 5) is 11.4. The molecule has 1 heterocycles. The number of methoxy groups -OCH3 is 1. The molecule has 0 radical (unpaired) electrons. The van der Waals surface area contributed by atoms with Gasteiger partial charge in [0.15, 0.2) is 0 Å². The molecule has 1 aromatic heterocycles. The van der Waals surface area contributed by atoms with Crippen LogP contribution in [0.15, 0.2) is 41.1 Å². The van der Waals surface area contributed by atoms with E-state index in [1.807, 2.05) is 41.8 Å². The molecule has 2 nitrogen and oxygen atoms in total. The third-order valence-electron chi connectivity index (χ3n) is 2.32. The van der Waals surface area contributed by atoms with Crippen LogP contribution in [0.25, 0.3) is 12.2 Å². The maximum atomic E-state index is 11.4. The van der Waals surface area contributed by atoms with Crippen molar-refractivity contribution in [3.63, 3.8) is 0 Å². The maximum absolute atomic E-state index is 11.4. The van der Waals surface area contributed by atoms with E-state index in [1.165, 1.54) is 12.7 Å². The zero-order valence-electron chi connectivity index (χ0n) is 9.42. The van der Waals surface area contributed by atoms with E-state index in [1.54, 1.807) is 17.4 Å². The molecule has 0 unspecified atom stereocenters. The fourth-order valence-electron chi connectivity index (χ4n) is 1.45. The maximum Gasteiger partial charge on any atom is 0.337 e. The Kier molecular flexibility index (Phi) is 3.73. The molecule has 3 heteroatoms. The third-order valence-corrected chi connectivity index (χ3v) is 3.02. The van der Waals surface area contributed by atoms with E-state index >= 15 is 0 Å². The number of rotatable bonds is 3. The van der Waals surface area contributed by atoms with Crippen LogP contribution in [-0.2, 0) is 4.74 Å². The lowest BCUT2D eigenvalue weighted by Gasteiger charge is -1.99. The predicted molar refractivity (Wildman–Crippen MR) is 71.0 cm³/mol. The SMILES string of the molecule is COC(=O)c1cccc(/C=C/c2ccsc2)c1. The van der Waals surface area contributed by atoms with Gasteiger partial charge in [0.1, 0.15) is 0 Å². The molecule has 0 spiro atoms. The molecule has 0 aliphatic carbocycles. The second kappa shape index (κ2) is 5.46. The van der Waals surface area contributed by atoms with Crippen LogP contribution >= 0.6 is 11.3 Å². The van der Waals surface area contributed by atoms with Crippen LogP contribution in [0.1, 0.15) is 21.5 Å². The highest BCUT2D eigenvalue weighted by atomic mass is 32.1. The zero-order valence-corrected chi connectivity index (χ0v) is 10.2. The van der Waals surface area contributed by atoms with E-state index in [2.05, 4.69) is 10.1 Å². The van der Waals surface area contributed by atoms with Gasteiger partial charge in [0.2, 0.25) is 0 Å². The Morgan fingerprint density at radius 1 is 1.24 bits per heavy atom. The summed E-state index contributed by atoms with van der Waals surface area (Å²) in [5, 5.41) is 4.10. The largest absolute Gasteiger partial charge is 0.465 e. The summed E-state index contributed by atoms with van der Waals surface area (Å²) in [6, 6.07) is 9.41. The second-order valence-corrected chi connectivity index (χ2v) is 4.29. The number of hydrogen-bond acceptors (Lipinski definition) is 3. The fourth-order valence-corrected chi connectivity index (χ4v) is 2.08. The normalized spacial score (nSPS) is 10.6. The topological polar surface area (TPSA) is 26.3 Å². The van der Waals surface area contributed by atoms with Crippen LogP contribution in [0.5, 0.6) is 0 Å². The summed E-state index contributed by atoms with van der Waals surface area (Å²) in [5.74, 6) is -0.309. The molecule has 0 aliphatic heterocycles. The minimum Gasteiger partial charge on any atom is -0.465 e. The third kappa shape index (κ3) is 3.04. The highest BCUT2D eigenvalue weighted by Crippen LogP contribution is 2.13. The number of thiophene rings is 1. The van der Waals surface area contributed by atoms with Crippen molar-refractivity contribution in [2.24, 2.45) is 0 Å². The van der Waals surface area contributed by atoms with Crippen molar-refractivity contribution in [1.29, 1.82) is 0 Å². The quantitative estimate of drug-likeness (QED) is 0.769. The van der Waals surface area contributed by atoms with Crippen molar-refractivity contribution >= 4 is 29.5 Å². The number of hydrogen-bond donors (Lipinski definition) is 0. The van der Waals surface area contributed by atoms with Gasteiger partial charge in [0, 0.05) is 0 Å². The standard InChI is InChI=1S/C14H12O2S/c1-16-14(15)13-4-2-3-11(9-13)5-6-12-7-8-17-10-12/h2-10H,1H3/b6-5+. The molecule has 0 saturated carbocycles. The van der Waals surface area contributed by atoms with Gasteiger partial charge in [-0.2, -0.15) is 11.3 Å². The van der Waals surface area contributed by atoms with Crippen LogP contribution < -0.4 is 0 Å². The molecular formula is C14H12O2S. The summed E-state index contributed by atoms with van der Waals surface area (Å²) in [7, 11) is 1.39. The highest BCUT2D eigenvalue weighted by molar-refractivity contribution is 7.08. The van der Waals surface area contributed by atoms with Gasteiger partial charge in [-0.1, -0.05) is 24.3 Å². The first-order valence-electron chi connectivity index (χ1n) is 5.18. The molecule has 0 saturated heterocycles. The van der Waals surface area contributed by atoms with Gasteiger partial charge in [0.05, 0.1) is 12.7 Å². The van der Waals surface area contributed by atoms with Gasteiger partial charge < -0.3 is 4.74 Å². The van der Waals surface area contributed by atoms with Crippen LogP contribution in [0, 0.1) is 0 Å². The monoisotopic (exact) mass is 244 g/mol. The van der Waals surface area contributed by atoms with Gasteiger partial charge in [-0.05, 0) is 40.1 Å². The molecular weight excluding hydrogens is 232 g/mol. The Hall–Kier alpha value is -1.87. The molecule has 86 valence electrons. The average molecular weight is 244 g/mol. The minimum atomic E-state index is -0.309. The number of carbonyl (C=O) groups is 1. The molecule has 0 fully saturated rings. The Balaban J connectivity index is 2.19. The van der Waals surface area contributed by atoms with Gasteiger partial charge in [-0.25, -0.2) is 4.79 Å². The van der Waals surface area contributed by atoms with Crippen molar-refractivity contribution in [3.8, 4) is 0 Å². The zero-order chi connectivity index (χ0) is 12.1. The Morgan fingerprint density at radius 3 is 2.76 bits per heavy atom. The van der Waals surface area contributed by atoms with Gasteiger partial charge >= 0.3 is 5.97 Å².